The Morgan fingerprint density at radius 2 is 2.50 bits per heavy atom. The van der Waals surface area contributed by atoms with Crippen LogP contribution in [-0.4, -0.2) is 38.4 Å². The van der Waals surface area contributed by atoms with Crippen LogP contribution in [0.4, 0.5) is 0 Å². The SMILES string of the molecule is [B]C1CC(O)C(C[B]C)O1. The fourth-order valence-electron chi connectivity index (χ4n) is 1.21. The standard InChI is InChI=1S/C6H11B2O2/c1-8-3-5-4(9)2-6(7)10-5/h4-6,9H,2-3H2,1H3. The monoisotopic (exact) mass is 137 g/mol. The molecule has 1 N–H and O–H groups in total. The van der Waals surface area contributed by atoms with E-state index in [2.05, 4.69) is 0 Å². The highest BCUT2D eigenvalue weighted by Gasteiger charge is 2.29. The van der Waals surface area contributed by atoms with Gasteiger partial charge in [0.15, 0.2) is 0 Å². The van der Waals surface area contributed by atoms with Gasteiger partial charge in [0.25, 0.3) is 0 Å². The zero-order chi connectivity index (χ0) is 7.56. The second-order valence-corrected chi connectivity index (χ2v) is 2.66. The number of hydrogen-bond acceptors (Lipinski definition) is 2. The third kappa shape index (κ3) is 1.77. The van der Waals surface area contributed by atoms with E-state index in [0.717, 1.165) is 6.32 Å². The summed E-state index contributed by atoms with van der Waals surface area (Å²) in [5.41, 5.74) is 0. The molecule has 1 heterocycles. The summed E-state index contributed by atoms with van der Waals surface area (Å²) in [6, 6.07) is -0.264. The second-order valence-electron chi connectivity index (χ2n) is 2.66. The molecule has 1 aliphatic rings. The van der Waals surface area contributed by atoms with Gasteiger partial charge in [0.1, 0.15) is 15.1 Å². The van der Waals surface area contributed by atoms with Crippen LogP contribution in [0.5, 0.6) is 0 Å². The van der Waals surface area contributed by atoms with E-state index in [1.807, 2.05) is 14.1 Å². The molecule has 1 rings (SSSR count). The maximum atomic E-state index is 9.27. The van der Waals surface area contributed by atoms with Gasteiger partial charge in [-0.1, -0.05) is 13.1 Å². The Bertz CT molecular complexity index is 110. The molecule has 10 heavy (non-hydrogen) atoms. The van der Waals surface area contributed by atoms with Gasteiger partial charge in [0, 0.05) is 6.00 Å². The van der Waals surface area contributed by atoms with Crippen molar-refractivity contribution in [3.05, 3.63) is 0 Å². The quantitative estimate of drug-likeness (QED) is 0.534. The van der Waals surface area contributed by atoms with E-state index < -0.39 is 0 Å². The number of aliphatic hydroxyl groups excluding tert-OH is 1. The van der Waals surface area contributed by atoms with Gasteiger partial charge in [0.2, 0.25) is 0 Å². The van der Waals surface area contributed by atoms with Crippen molar-refractivity contribution in [2.75, 3.05) is 0 Å². The van der Waals surface area contributed by atoms with Crippen LogP contribution in [0.25, 0.3) is 0 Å². The van der Waals surface area contributed by atoms with E-state index in [-0.39, 0.29) is 18.2 Å². The van der Waals surface area contributed by atoms with Gasteiger partial charge in [0.05, 0.1) is 12.2 Å². The third-order valence-corrected chi connectivity index (χ3v) is 1.72. The normalized spacial score (nSPS) is 40.0. The summed E-state index contributed by atoms with van der Waals surface area (Å²) >= 11 is 0. The van der Waals surface area contributed by atoms with Crippen molar-refractivity contribution in [3.8, 4) is 0 Å². The van der Waals surface area contributed by atoms with Crippen LogP contribution in [0.15, 0.2) is 0 Å². The predicted molar refractivity (Wildman–Crippen MR) is 41.5 cm³/mol. The molecule has 1 aliphatic heterocycles. The Balaban J connectivity index is 2.31. The fraction of sp³-hybridized carbons (Fsp3) is 1.00. The predicted octanol–water partition coefficient (Wildman–Crippen LogP) is -0.199. The van der Waals surface area contributed by atoms with Crippen molar-refractivity contribution in [2.24, 2.45) is 0 Å². The van der Waals surface area contributed by atoms with Gasteiger partial charge in [-0.05, 0) is 6.42 Å². The van der Waals surface area contributed by atoms with Gasteiger partial charge in [-0.15, -0.1) is 0 Å². The molecule has 0 bridgehead atoms. The molecular formula is C6H11B2O2. The van der Waals surface area contributed by atoms with Crippen LogP contribution in [0.2, 0.25) is 13.1 Å². The maximum Gasteiger partial charge on any atom is 0.109 e. The topological polar surface area (TPSA) is 29.5 Å². The fourth-order valence-corrected chi connectivity index (χ4v) is 1.21. The van der Waals surface area contributed by atoms with Crippen LogP contribution >= 0.6 is 0 Å². The second kappa shape index (κ2) is 3.44. The van der Waals surface area contributed by atoms with Crippen LogP contribution < -0.4 is 0 Å². The highest BCUT2D eigenvalue weighted by atomic mass is 16.5. The van der Waals surface area contributed by atoms with Crippen molar-refractivity contribution in [2.45, 2.75) is 37.8 Å². The maximum absolute atomic E-state index is 9.27. The van der Waals surface area contributed by atoms with Gasteiger partial charge in [-0.2, -0.15) is 0 Å². The Morgan fingerprint density at radius 3 is 2.90 bits per heavy atom. The molecule has 1 saturated heterocycles. The molecule has 0 aliphatic carbocycles. The number of rotatable bonds is 2. The lowest BCUT2D eigenvalue weighted by Crippen LogP contribution is -2.21. The Morgan fingerprint density at radius 1 is 1.80 bits per heavy atom. The number of ether oxygens (including phenoxy) is 1. The summed E-state index contributed by atoms with van der Waals surface area (Å²) in [6.45, 7) is 1.94. The van der Waals surface area contributed by atoms with Gasteiger partial charge >= 0.3 is 0 Å². The average molecular weight is 137 g/mol. The summed E-state index contributed by atoms with van der Waals surface area (Å²) in [5, 5.41) is 9.27. The molecule has 3 radical (unpaired) electrons. The van der Waals surface area contributed by atoms with Gasteiger partial charge < -0.3 is 9.84 Å². The molecule has 3 atom stereocenters. The minimum Gasteiger partial charge on any atom is -0.390 e. The van der Waals surface area contributed by atoms with E-state index in [1.165, 1.54) is 0 Å². The van der Waals surface area contributed by atoms with Crippen LogP contribution in [-0.2, 0) is 4.74 Å². The van der Waals surface area contributed by atoms with E-state index in [0.29, 0.717) is 6.42 Å². The molecule has 4 heteroatoms. The summed E-state index contributed by atoms with van der Waals surface area (Å²) in [6.07, 6.45) is 0.916. The van der Waals surface area contributed by atoms with Crippen molar-refractivity contribution >= 4 is 15.1 Å². The molecule has 0 spiro atoms. The van der Waals surface area contributed by atoms with Crippen LogP contribution in [0, 0.1) is 0 Å². The molecule has 3 unspecified atom stereocenters. The lowest BCUT2D eigenvalue weighted by molar-refractivity contribution is 0.0457. The first-order chi connectivity index (χ1) is 4.74. The Hall–Kier alpha value is 0.0499. The number of aliphatic hydroxyl groups is 1. The Labute approximate surface area is 63.6 Å². The molecule has 53 valence electrons. The first-order valence-corrected chi connectivity index (χ1v) is 3.61. The molecule has 1 fully saturated rings. The van der Waals surface area contributed by atoms with Gasteiger partial charge in [-0.3, -0.25) is 0 Å². The summed E-state index contributed by atoms with van der Waals surface area (Å²) in [4.78, 5) is 0. The third-order valence-electron chi connectivity index (χ3n) is 1.72. The molecule has 0 saturated carbocycles. The Kier molecular flexibility index (Phi) is 2.81. The average Bonchev–Trinajstić information content (AvgIpc) is 2.13. The lowest BCUT2D eigenvalue weighted by Gasteiger charge is -2.11. The van der Waals surface area contributed by atoms with E-state index >= 15 is 0 Å². The lowest BCUT2D eigenvalue weighted by atomic mass is 9.74. The van der Waals surface area contributed by atoms with Crippen LogP contribution in [0.1, 0.15) is 6.42 Å². The first kappa shape index (κ1) is 8.15. The molecule has 0 aromatic carbocycles. The summed E-state index contributed by atoms with van der Waals surface area (Å²) in [7, 11) is 7.43. The first-order valence-electron chi connectivity index (χ1n) is 3.61. The van der Waals surface area contributed by atoms with E-state index in [9.17, 15) is 5.11 Å². The molecule has 2 nitrogen and oxygen atoms in total. The summed E-state index contributed by atoms with van der Waals surface area (Å²) in [5.74, 6) is 0. The van der Waals surface area contributed by atoms with E-state index in [4.69, 9.17) is 12.6 Å². The summed E-state index contributed by atoms with van der Waals surface area (Å²) < 4.78 is 5.21. The van der Waals surface area contributed by atoms with E-state index in [1.54, 1.807) is 0 Å². The molecular weight excluding hydrogens is 126 g/mol. The smallest absolute Gasteiger partial charge is 0.109 e. The van der Waals surface area contributed by atoms with Crippen molar-refractivity contribution < 1.29 is 9.84 Å². The minimum absolute atomic E-state index is 0.0694. The highest BCUT2D eigenvalue weighted by Crippen LogP contribution is 2.20. The van der Waals surface area contributed by atoms with Crippen molar-refractivity contribution in [1.82, 2.24) is 0 Å². The molecule has 0 aromatic rings. The molecule has 0 amide bonds. The zero-order valence-corrected chi connectivity index (χ0v) is 6.16. The zero-order valence-electron chi connectivity index (χ0n) is 6.16. The largest absolute Gasteiger partial charge is 0.390 e. The highest BCUT2D eigenvalue weighted by molar-refractivity contribution is 6.33. The number of hydrogen-bond donors (Lipinski definition) is 1. The molecule has 0 aromatic heterocycles. The van der Waals surface area contributed by atoms with Gasteiger partial charge in [-0.25, -0.2) is 0 Å². The van der Waals surface area contributed by atoms with Crippen molar-refractivity contribution in [1.29, 1.82) is 0 Å². The van der Waals surface area contributed by atoms with Crippen LogP contribution in [0.3, 0.4) is 0 Å². The van der Waals surface area contributed by atoms with Crippen molar-refractivity contribution in [3.63, 3.8) is 0 Å². The minimum atomic E-state index is -0.369.